The van der Waals surface area contributed by atoms with Gasteiger partial charge in [-0.15, -0.1) is 11.3 Å². The molecule has 6 nitrogen and oxygen atoms in total. The number of rotatable bonds is 4. The highest BCUT2D eigenvalue weighted by molar-refractivity contribution is 7.13. The molecule has 0 atom stereocenters. The standard InChI is InChI=1S/C12H13N3O3S/c1-3-18-12(16)8-6-19-11(14-8)10-7(13)4-5-9(15-10)17-2/h4-6H,3,13H2,1-2H3. The minimum absolute atomic E-state index is 0.255. The largest absolute Gasteiger partial charge is 0.481 e. The molecule has 0 saturated heterocycles. The van der Waals surface area contributed by atoms with Crippen molar-refractivity contribution in [3.63, 3.8) is 0 Å². The van der Waals surface area contributed by atoms with Crippen molar-refractivity contribution in [1.29, 1.82) is 0 Å². The molecule has 2 rings (SSSR count). The molecule has 2 heterocycles. The van der Waals surface area contributed by atoms with Gasteiger partial charge in [0.15, 0.2) is 5.69 Å². The fourth-order valence-corrected chi connectivity index (χ4v) is 2.22. The number of nitrogens with two attached hydrogens (primary N) is 1. The summed E-state index contributed by atoms with van der Waals surface area (Å²) in [5.74, 6) is -0.0106. The van der Waals surface area contributed by atoms with Gasteiger partial charge in [0.25, 0.3) is 0 Å². The van der Waals surface area contributed by atoms with Crippen molar-refractivity contribution < 1.29 is 14.3 Å². The lowest BCUT2D eigenvalue weighted by molar-refractivity contribution is 0.0520. The molecule has 0 unspecified atom stereocenters. The molecule has 2 N–H and O–H groups in total. The van der Waals surface area contributed by atoms with Gasteiger partial charge in [0.1, 0.15) is 10.7 Å². The van der Waals surface area contributed by atoms with Crippen LogP contribution in [0.5, 0.6) is 5.88 Å². The molecule has 2 aromatic rings. The molecule has 0 amide bonds. The van der Waals surface area contributed by atoms with E-state index in [0.717, 1.165) is 0 Å². The molecule has 0 aromatic carbocycles. The van der Waals surface area contributed by atoms with Gasteiger partial charge in [-0.1, -0.05) is 0 Å². The van der Waals surface area contributed by atoms with Crippen LogP contribution >= 0.6 is 11.3 Å². The molecule has 0 aliphatic heterocycles. The van der Waals surface area contributed by atoms with Gasteiger partial charge in [0, 0.05) is 11.4 Å². The lowest BCUT2D eigenvalue weighted by Crippen LogP contribution is -2.05. The molecular weight excluding hydrogens is 266 g/mol. The van der Waals surface area contributed by atoms with Crippen LogP contribution in [-0.4, -0.2) is 29.7 Å². The van der Waals surface area contributed by atoms with Crippen LogP contribution in [0, 0.1) is 0 Å². The molecule has 0 fully saturated rings. The Morgan fingerprint density at radius 1 is 1.42 bits per heavy atom. The zero-order valence-electron chi connectivity index (χ0n) is 10.5. The summed E-state index contributed by atoms with van der Waals surface area (Å²) < 4.78 is 9.92. The van der Waals surface area contributed by atoms with Crippen LogP contribution in [0.2, 0.25) is 0 Å². The number of esters is 1. The van der Waals surface area contributed by atoms with Crippen LogP contribution in [0.25, 0.3) is 10.7 Å². The van der Waals surface area contributed by atoms with Crippen LogP contribution in [-0.2, 0) is 4.74 Å². The normalized spacial score (nSPS) is 10.2. The number of hydrogen-bond acceptors (Lipinski definition) is 7. The topological polar surface area (TPSA) is 87.3 Å². The first-order chi connectivity index (χ1) is 9.15. The highest BCUT2D eigenvalue weighted by Crippen LogP contribution is 2.29. The first kappa shape index (κ1) is 13.3. The Bertz CT molecular complexity index is 598. The van der Waals surface area contributed by atoms with Gasteiger partial charge in [-0.3, -0.25) is 0 Å². The Balaban J connectivity index is 2.34. The predicted octanol–water partition coefficient (Wildman–Crippen LogP) is 1.97. The molecule has 0 spiro atoms. The van der Waals surface area contributed by atoms with E-state index in [-0.39, 0.29) is 5.69 Å². The van der Waals surface area contributed by atoms with Gasteiger partial charge in [-0.05, 0) is 13.0 Å². The third kappa shape index (κ3) is 2.82. The number of nitrogens with zero attached hydrogens (tertiary/aromatic N) is 2. The van der Waals surface area contributed by atoms with Gasteiger partial charge < -0.3 is 15.2 Å². The van der Waals surface area contributed by atoms with E-state index in [1.807, 2.05) is 0 Å². The lowest BCUT2D eigenvalue weighted by Gasteiger charge is -2.04. The van der Waals surface area contributed by atoms with Gasteiger partial charge in [-0.2, -0.15) is 0 Å². The molecule has 0 saturated carbocycles. The van der Waals surface area contributed by atoms with Crippen molar-refractivity contribution in [1.82, 2.24) is 9.97 Å². The van der Waals surface area contributed by atoms with Crippen LogP contribution in [0.15, 0.2) is 17.5 Å². The molecule has 2 aromatic heterocycles. The van der Waals surface area contributed by atoms with Crippen molar-refractivity contribution >= 4 is 23.0 Å². The lowest BCUT2D eigenvalue weighted by atomic mass is 10.3. The van der Waals surface area contributed by atoms with Crippen LogP contribution < -0.4 is 10.5 Å². The number of carbonyl (C=O) groups is 1. The van der Waals surface area contributed by atoms with E-state index >= 15 is 0 Å². The molecule has 0 bridgehead atoms. The number of carbonyl (C=O) groups excluding carboxylic acids is 1. The van der Waals surface area contributed by atoms with Crippen LogP contribution in [0.3, 0.4) is 0 Å². The maximum Gasteiger partial charge on any atom is 0.357 e. The number of anilines is 1. The second-order valence-electron chi connectivity index (χ2n) is 3.55. The first-order valence-electron chi connectivity index (χ1n) is 5.59. The van der Waals surface area contributed by atoms with E-state index in [9.17, 15) is 4.79 Å². The highest BCUT2D eigenvalue weighted by atomic mass is 32.1. The minimum atomic E-state index is -0.452. The van der Waals surface area contributed by atoms with Gasteiger partial charge in [0.05, 0.1) is 19.4 Å². The van der Waals surface area contributed by atoms with Crippen molar-refractivity contribution in [3.05, 3.63) is 23.2 Å². The first-order valence-corrected chi connectivity index (χ1v) is 6.47. The van der Waals surface area contributed by atoms with E-state index in [4.69, 9.17) is 15.2 Å². The van der Waals surface area contributed by atoms with Gasteiger partial charge in [-0.25, -0.2) is 14.8 Å². The molecule has 0 radical (unpaired) electrons. The smallest absolute Gasteiger partial charge is 0.357 e. The Morgan fingerprint density at radius 2 is 2.21 bits per heavy atom. The fraction of sp³-hybridized carbons (Fsp3) is 0.250. The van der Waals surface area contributed by atoms with E-state index in [0.29, 0.717) is 28.9 Å². The number of methoxy groups -OCH3 is 1. The molecule has 100 valence electrons. The van der Waals surface area contributed by atoms with Gasteiger partial charge >= 0.3 is 5.97 Å². The number of nitrogen functional groups attached to an aromatic ring is 1. The molecule has 7 heteroatoms. The average molecular weight is 279 g/mol. The summed E-state index contributed by atoms with van der Waals surface area (Å²) in [5, 5.41) is 2.17. The zero-order chi connectivity index (χ0) is 13.8. The zero-order valence-corrected chi connectivity index (χ0v) is 11.4. The summed E-state index contributed by atoms with van der Waals surface area (Å²) in [6, 6.07) is 3.35. The monoisotopic (exact) mass is 279 g/mol. The Hall–Kier alpha value is -2.15. The second kappa shape index (κ2) is 5.66. The summed E-state index contributed by atoms with van der Waals surface area (Å²) in [7, 11) is 1.52. The molecule has 0 aliphatic carbocycles. The van der Waals surface area contributed by atoms with E-state index in [2.05, 4.69) is 9.97 Å². The SMILES string of the molecule is CCOC(=O)c1csc(-c2nc(OC)ccc2N)n1. The van der Waals surface area contributed by atoms with Crippen molar-refractivity contribution in [2.75, 3.05) is 19.5 Å². The van der Waals surface area contributed by atoms with Crippen molar-refractivity contribution in [2.24, 2.45) is 0 Å². The van der Waals surface area contributed by atoms with E-state index < -0.39 is 5.97 Å². The van der Waals surface area contributed by atoms with Crippen LogP contribution in [0.4, 0.5) is 5.69 Å². The number of ether oxygens (including phenoxy) is 2. The Kier molecular flexibility index (Phi) is 3.96. The molecule has 0 aliphatic rings. The Morgan fingerprint density at radius 3 is 2.89 bits per heavy atom. The third-order valence-corrected chi connectivity index (χ3v) is 3.15. The van der Waals surface area contributed by atoms with Gasteiger partial charge in [0.2, 0.25) is 5.88 Å². The van der Waals surface area contributed by atoms with E-state index in [1.54, 1.807) is 24.4 Å². The fourth-order valence-electron chi connectivity index (χ4n) is 1.42. The molecule has 19 heavy (non-hydrogen) atoms. The summed E-state index contributed by atoms with van der Waals surface area (Å²) in [6.07, 6.45) is 0. The number of hydrogen-bond donors (Lipinski definition) is 1. The summed E-state index contributed by atoms with van der Waals surface area (Å²) in [6.45, 7) is 2.05. The maximum absolute atomic E-state index is 11.5. The second-order valence-corrected chi connectivity index (χ2v) is 4.41. The predicted molar refractivity (Wildman–Crippen MR) is 72.3 cm³/mol. The van der Waals surface area contributed by atoms with E-state index in [1.165, 1.54) is 18.4 Å². The quantitative estimate of drug-likeness (QED) is 0.861. The third-order valence-electron chi connectivity index (χ3n) is 2.30. The summed E-state index contributed by atoms with van der Waals surface area (Å²) in [5.41, 5.74) is 7.09. The number of aromatic nitrogens is 2. The summed E-state index contributed by atoms with van der Waals surface area (Å²) >= 11 is 1.28. The number of thiazole rings is 1. The van der Waals surface area contributed by atoms with Crippen molar-refractivity contribution in [3.8, 4) is 16.6 Å². The summed E-state index contributed by atoms with van der Waals surface area (Å²) in [4.78, 5) is 20.0. The Labute approximate surface area is 114 Å². The maximum atomic E-state index is 11.5. The number of pyridine rings is 1. The van der Waals surface area contributed by atoms with Crippen LogP contribution in [0.1, 0.15) is 17.4 Å². The van der Waals surface area contributed by atoms with Crippen molar-refractivity contribution in [2.45, 2.75) is 6.92 Å². The molecular formula is C12H13N3O3S. The highest BCUT2D eigenvalue weighted by Gasteiger charge is 2.15. The average Bonchev–Trinajstić information content (AvgIpc) is 2.89. The minimum Gasteiger partial charge on any atom is -0.481 e.